The smallest absolute Gasteiger partial charge is 0.152 e. The average Bonchev–Trinajstić information content (AvgIpc) is 2.25. The average molecular weight is 188 g/mol. The third-order valence-electron chi connectivity index (χ3n) is 1.67. The molecule has 0 saturated carbocycles. The second kappa shape index (κ2) is 5.90. The van der Waals surface area contributed by atoms with Gasteiger partial charge in [0.15, 0.2) is 6.29 Å². The highest BCUT2D eigenvalue weighted by Gasteiger charge is 1.96. The summed E-state index contributed by atoms with van der Waals surface area (Å²) in [6.45, 7) is 0.844. The molecule has 1 N–H and O–H groups in total. The maximum absolute atomic E-state index is 10.6. The number of carbonyl (C=O) groups excluding carboxylic acids is 1. The van der Waals surface area contributed by atoms with Crippen molar-refractivity contribution in [3.63, 3.8) is 0 Å². The van der Waals surface area contributed by atoms with Crippen LogP contribution in [0.3, 0.4) is 0 Å². The van der Waals surface area contributed by atoms with Crippen LogP contribution in [-0.2, 0) is 0 Å². The first kappa shape index (κ1) is 10.4. The first-order chi connectivity index (χ1) is 6.88. The molecule has 3 heteroatoms. The molecule has 0 unspecified atom stereocenters. The quantitative estimate of drug-likeness (QED) is 0.434. The number of pyridine rings is 1. The van der Waals surface area contributed by atoms with Gasteiger partial charge >= 0.3 is 0 Å². The van der Waals surface area contributed by atoms with Gasteiger partial charge in [0.05, 0.1) is 0 Å². The normalized spacial score (nSPS) is 8.93. The Morgan fingerprint density at radius 1 is 1.64 bits per heavy atom. The van der Waals surface area contributed by atoms with Crippen LogP contribution in [0.4, 0.5) is 0 Å². The molecule has 72 valence electrons. The molecule has 0 aliphatic carbocycles. The third-order valence-corrected chi connectivity index (χ3v) is 1.67. The Balaban J connectivity index is 2.73. The number of carbonyl (C=O) groups is 1. The lowest BCUT2D eigenvalue weighted by Crippen LogP contribution is -2.06. The molecule has 0 radical (unpaired) electrons. The van der Waals surface area contributed by atoms with Gasteiger partial charge in [-0.1, -0.05) is 5.92 Å². The second-order valence-electron chi connectivity index (χ2n) is 2.71. The predicted molar refractivity (Wildman–Crippen MR) is 55.0 cm³/mol. The number of aldehydes is 1. The molecule has 0 fully saturated rings. The third kappa shape index (κ3) is 3.00. The van der Waals surface area contributed by atoms with Crippen LogP contribution in [0.2, 0.25) is 0 Å². The van der Waals surface area contributed by atoms with Gasteiger partial charge in [-0.05, 0) is 25.1 Å². The van der Waals surface area contributed by atoms with Gasteiger partial charge in [-0.25, -0.2) is 4.98 Å². The Morgan fingerprint density at radius 3 is 3.21 bits per heavy atom. The molecule has 0 aliphatic rings. The standard InChI is InChI=1S/C11H12N2O/c1-12-7-3-2-6-11-10(9-14)5-4-8-13-11/h4-5,8-9,12H,3,7H2,1H3. The van der Waals surface area contributed by atoms with Crippen molar-refractivity contribution in [2.75, 3.05) is 13.6 Å². The number of hydrogen-bond donors (Lipinski definition) is 1. The molecule has 14 heavy (non-hydrogen) atoms. The van der Waals surface area contributed by atoms with E-state index in [1.54, 1.807) is 18.3 Å². The summed E-state index contributed by atoms with van der Waals surface area (Å²) < 4.78 is 0. The van der Waals surface area contributed by atoms with E-state index in [2.05, 4.69) is 22.1 Å². The van der Waals surface area contributed by atoms with Crippen LogP contribution in [0.1, 0.15) is 22.5 Å². The molecule has 1 aromatic rings. The van der Waals surface area contributed by atoms with Crippen molar-refractivity contribution in [3.05, 3.63) is 29.6 Å². The van der Waals surface area contributed by atoms with Crippen LogP contribution >= 0.6 is 0 Å². The maximum Gasteiger partial charge on any atom is 0.152 e. The molecule has 0 spiro atoms. The van der Waals surface area contributed by atoms with Gasteiger partial charge in [0.2, 0.25) is 0 Å². The van der Waals surface area contributed by atoms with Crippen LogP contribution in [0.5, 0.6) is 0 Å². The van der Waals surface area contributed by atoms with Gasteiger partial charge in [0.25, 0.3) is 0 Å². The maximum atomic E-state index is 10.6. The summed E-state index contributed by atoms with van der Waals surface area (Å²) in [5, 5.41) is 2.99. The van der Waals surface area contributed by atoms with Crippen LogP contribution < -0.4 is 5.32 Å². The van der Waals surface area contributed by atoms with Crippen molar-refractivity contribution in [2.45, 2.75) is 6.42 Å². The number of nitrogens with one attached hydrogen (secondary N) is 1. The molecule has 0 atom stereocenters. The van der Waals surface area contributed by atoms with E-state index in [-0.39, 0.29) is 0 Å². The molecule has 1 heterocycles. The van der Waals surface area contributed by atoms with Crippen LogP contribution in [0, 0.1) is 11.8 Å². The minimum absolute atomic E-state index is 0.546. The highest BCUT2D eigenvalue weighted by Crippen LogP contribution is 1.99. The number of nitrogens with zero attached hydrogens (tertiary/aromatic N) is 1. The summed E-state index contributed by atoms with van der Waals surface area (Å²) in [6, 6.07) is 3.44. The zero-order valence-corrected chi connectivity index (χ0v) is 8.08. The minimum atomic E-state index is 0.546. The number of aromatic nitrogens is 1. The summed E-state index contributed by atoms with van der Waals surface area (Å²) in [4.78, 5) is 14.6. The summed E-state index contributed by atoms with van der Waals surface area (Å²) in [5.74, 6) is 5.81. The highest BCUT2D eigenvalue weighted by atomic mass is 16.1. The van der Waals surface area contributed by atoms with E-state index >= 15 is 0 Å². The van der Waals surface area contributed by atoms with Crippen LogP contribution in [0.25, 0.3) is 0 Å². The zero-order valence-electron chi connectivity index (χ0n) is 8.08. The van der Waals surface area contributed by atoms with Crippen molar-refractivity contribution in [1.82, 2.24) is 10.3 Å². The molecule has 0 amide bonds. The topological polar surface area (TPSA) is 42.0 Å². The van der Waals surface area contributed by atoms with Crippen molar-refractivity contribution >= 4 is 6.29 Å². The Hall–Kier alpha value is -1.66. The number of rotatable bonds is 3. The van der Waals surface area contributed by atoms with E-state index < -0.39 is 0 Å². The van der Waals surface area contributed by atoms with Crippen molar-refractivity contribution < 1.29 is 4.79 Å². The van der Waals surface area contributed by atoms with E-state index in [9.17, 15) is 4.79 Å². The van der Waals surface area contributed by atoms with E-state index in [4.69, 9.17) is 0 Å². The van der Waals surface area contributed by atoms with Crippen molar-refractivity contribution in [1.29, 1.82) is 0 Å². The molecule has 0 saturated heterocycles. The monoisotopic (exact) mass is 188 g/mol. The fourth-order valence-electron chi connectivity index (χ4n) is 0.951. The SMILES string of the molecule is CNCCC#Cc1ncccc1C=O. The number of hydrogen-bond acceptors (Lipinski definition) is 3. The lowest BCUT2D eigenvalue weighted by Gasteiger charge is -1.93. The lowest BCUT2D eigenvalue weighted by molar-refractivity contribution is 0.112. The first-order valence-electron chi connectivity index (χ1n) is 4.42. The first-order valence-corrected chi connectivity index (χ1v) is 4.42. The van der Waals surface area contributed by atoms with E-state index in [0.29, 0.717) is 11.3 Å². The molecule has 0 bridgehead atoms. The molecule has 1 aromatic heterocycles. The van der Waals surface area contributed by atoms with Crippen LogP contribution in [-0.4, -0.2) is 24.9 Å². The molecule has 3 nitrogen and oxygen atoms in total. The van der Waals surface area contributed by atoms with Crippen molar-refractivity contribution in [3.8, 4) is 11.8 Å². The fourth-order valence-corrected chi connectivity index (χ4v) is 0.951. The molecule has 0 aliphatic heterocycles. The van der Waals surface area contributed by atoms with Gasteiger partial charge in [-0.3, -0.25) is 4.79 Å². The predicted octanol–water partition coefficient (Wildman–Crippen LogP) is 0.855. The minimum Gasteiger partial charge on any atom is -0.319 e. The lowest BCUT2D eigenvalue weighted by atomic mass is 10.2. The van der Waals surface area contributed by atoms with E-state index in [0.717, 1.165) is 19.3 Å². The van der Waals surface area contributed by atoms with Crippen molar-refractivity contribution in [2.24, 2.45) is 0 Å². The van der Waals surface area contributed by atoms with E-state index in [1.165, 1.54) is 0 Å². The summed E-state index contributed by atoms with van der Waals surface area (Å²) in [7, 11) is 1.87. The van der Waals surface area contributed by atoms with Gasteiger partial charge in [0, 0.05) is 24.7 Å². The summed E-state index contributed by atoms with van der Waals surface area (Å²) in [5.41, 5.74) is 1.10. The second-order valence-corrected chi connectivity index (χ2v) is 2.71. The largest absolute Gasteiger partial charge is 0.319 e. The highest BCUT2D eigenvalue weighted by molar-refractivity contribution is 5.78. The van der Waals surface area contributed by atoms with Gasteiger partial charge < -0.3 is 5.32 Å². The molecular formula is C11H12N2O. The molecular weight excluding hydrogens is 176 g/mol. The Kier molecular flexibility index (Phi) is 4.39. The summed E-state index contributed by atoms with van der Waals surface area (Å²) in [6.07, 6.45) is 3.16. The van der Waals surface area contributed by atoms with Crippen LogP contribution in [0.15, 0.2) is 18.3 Å². The van der Waals surface area contributed by atoms with Gasteiger partial charge in [-0.15, -0.1) is 0 Å². The van der Waals surface area contributed by atoms with E-state index in [1.807, 2.05) is 7.05 Å². The molecule has 1 rings (SSSR count). The Morgan fingerprint density at radius 2 is 2.50 bits per heavy atom. The molecule has 0 aromatic carbocycles. The summed E-state index contributed by atoms with van der Waals surface area (Å²) >= 11 is 0. The Bertz CT molecular complexity index is 363. The zero-order chi connectivity index (χ0) is 10.2. The Labute approximate surface area is 83.6 Å². The van der Waals surface area contributed by atoms with Gasteiger partial charge in [0.1, 0.15) is 5.69 Å². The van der Waals surface area contributed by atoms with Gasteiger partial charge in [-0.2, -0.15) is 0 Å². The fraction of sp³-hybridized carbons (Fsp3) is 0.273.